The van der Waals surface area contributed by atoms with Crippen molar-refractivity contribution in [2.45, 2.75) is 25.7 Å². The van der Waals surface area contributed by atoms with E-state index in [0.717, 1.165) is 65.4 Å². The molecule has 0 saturated heterocycles. The van der Waals surface area contributed by atoms with Crippen LogP contribution in [0.5, 0.6) is 5.75 Å². The molecule has 1 aliphatic heterocycles. The molecule has 0 radical (unpaired) electrons. The number of hydrogen-bond donors (Lipinski definition) is 2. The molecule has 4 nitrogen and oxygen atoms in total. The standard InChI is InChI=1S/C29H29ClF2N2O2/c30-26-6-2-1-5-22(26)13-16-34-29(35)25-19-33-15-14-24(25)21-9-7-20(8-10-21)4-3-17-36-28-18-23(31)11-12-27(28)32/h1-2,5-12,18,33H,3-4,13-17,19H2,(H,34,35). The van der Waals surface area contributed by atoms with Crippen LogP contribution in [0, 0.1) is 11.6 Å². The fourth-order valence-electron chi connectivity index (χ4n) is 4.26. The highest BCUT2D eigenvalue weighted by Gasteiger charge is 2.20. The van der Waals surface area contributed by atoms with Crippen LogP contribution in [0.1, 0.15) is 29.5 Å². The Morgan fingerprint density at radius 1 is 1.03 bits per heavy atom. The molecule has 0 saturated carbocycles. The van der Waals surface area contributed by atoms with E-state index in [0.29, 0.717) is 31.0 Å². The molecule has 1 aliphatic rings. The summed E-state index contributed by atoms with van der Waals surface area (Å²) < 4.78 is 32.3. The fraction of sp³-hybridized carbons (Fsp3) is 0.276. The first-order chi connectivity index (χ1) is 17.5. The number of hydrogen-bond acceptors (Lipinski definition) is 3. The molecule has 2 N–H and O–H groups in total. The van der Waals surface area contributed by atoms with E-state index in [1.54, 1.807) is 0 Å². The molecule has 0 spiro atoms. The van der Waals surface area contributed by atoms with E-state index in [2.05, 4.69) is 10.6 Å². The summed E-state index contributed by atoms with van der Waals surface area (Å²) in [6, 6.07) is 19.0. The van der Waals surface area contributed by atoms with Crippen molar-refractivity contribution in [3.8, 4) is 5.75 Å². The number of halogens is 3. The second-order valence-electron chi connectivity index (χ2n) is 8.70. The molecule has 3 aromatic rings. The Hall–Kier alpha value is -3.22. The largest absolute Gasteiger partial charge is 0.490 e. The summed E-state index contributed by atoms with van der Waals surface area (Å²) in [4.78, 5) is 13.0. The number of benzene rings is 3. The van der Waals surface area contributed by atoms with E-state index in [4.69, 9.17) is 16.3 Å². The number of amides is 1. The van der Waals surface area contributed by atoms with E-state index in [1.165, 1.54) is 0 Å². The maximum atomic E-state index is 13.7. The normalized spacial score (nSPS) is 13.5. The van der Waals surface area contributed by atoms with E-state index >= 15 is 0 Å². The zero-order chi connectivity index (χ0) is 25.3. The Morgan fingerprint density at radius 3 is 2.64 bits per heavy atom. The molecule has 1 amide bonds. The van der Waals surface area contributed by atoms with E-state index in [1.807, 2.05) is 48.5 Å². The Bertz CT molecular complexity index is 1230. The van der Waals surface area contributed by atoms with Crippen LogP contribution < -0.4 is 15.4 Å². The topological polar surface area (TPSA) is 50.4 Å². The molecular formula is C29H29ClF2N2O2. The highest BCUT2D eigenvalue weighted by Crippen LogP contribution is 2.26. The van der Waals surface area contributed by atoms with Gasteiger partial charge in [0.05, 0.1) is 6.61 Å². The van der Waals surface area contributed by atoms with Gasteiger partial charge in [0.2, 0.25) is 5.91 Å². The lowest BCUT2D eigenvalue weighted by Gasteiger charge is -2.21. The third kappa shape index (κ3) is 6.93. The van der Waals surface area contributed by atoms with Gasteiger partial charge in [0, 0.05) is 29.8 Å². The van der Waals surface area contributed by atoms with Gasteiger partial charge in [-0.3, -0.25) is 4.79 Å². The van der Waals surface area contributed by atoms with Gasteiger partial charge in [-0.1, -0.05) is 54.1 Å². The smallest absolute Gasteiger partial charge is 0.248 e. The second-order valence-corrected chi connectivity index (χ2v) is 9.11. The van der Waals surface area contributed by atoms with Crippen molar-refractivity contribution in [2.75, 3.05) is 26.2 Å². The first-order valence-corrected chi connectivity index (χ1v) is 12.5. The van der Waals surface area contributed by atoms with Crippen molar-refractivity contribution >= 4 is 23.1 Å². The van der Waals surface area contributed by atoms with Crippen LogP contribution in [-0.4, -0.2) is 32.1 Å². The van der Waals surface area contributed by atoms with Crippen molar-refractivity contribution in [3.63, 3.8) is 0 Å². The molecule has 4 rings (SSSR count). The molecule has 1 heterocycles. The number of aryl methyl sites for hydroxylation is 1. The minimum Gasteiger partial charge on any atom is -0.490 e. The Balaban J connectivity index is 1.32. The summed E-state index contributed by atoms with van der Waals surface area (Å²) in [7, 11) is 0. The quantitative estimate of drug-likeness (QED) is 0.342. The third-order valence-corrected chi connectivity index (χ3v) is 6.56. The summed E-state index contributed by atoms with van der Waals surface area (Å²) in [5.74, 6) is -1.22. The minimum atomic E-state index is -0.570. The van der Waals surface area contributed by atoms with Crippen LogP contribution in [0.4, 0.5) is 8.78 Å². The van der Waals surface area contributed by atoms with Gasteiger partial charge >= 0.3 is 0 Å². The van der Waals surface area contributed by atoms with Crippen molar-refractivity contribution in [1.29, 1.82) is 0 Å². The number of rotatable bonds is 10. The Kier molecular flexibility index (Phi) is 9.09. The zero-order valence-corrected chi connectivity index (χ0v) is 20.7. The van der Waals surface area contributed by atoms with Crippen LogP contribution in [0.15, 0.2) is 72.3 Å². The van der Waals surface area contributed by atoms with Gasteiger partial charge in [0.25, 0.3) is 0 Å². The summed E-state index contributed by atoms with van der Waals surface area (Å²) in [5, 5.41) is 7.04. The van der Waals surface area contributed by atoms with Gasteiger partial charge in [-0.15, -0.1) is 0 Å². The minimum absolute atomic E-state index is 0.0601. The molecule has 0 aliphatic carbocycles. The van der Waals surface area contributed by atoms with Gasteiger partial charge in [-0.05, 0) is 72.7 Å². The second kappa shape index (κ2) is 12.7. The molecule has 0 unspecified atom stereocenters. The van der Waals surface area contributed by atoms with E-state index in [-0.39, 0.29) is 18.3 Å². The first-order valence-electron chi connectivity index (χ1n) is 12.1. The van der Waals surface area contributed by atoms with Crippen LogP contribution in [0.25, 0.3) is 5.57 Å². The maximum Gasteiger partial charge on any atom is 0.248 e. The lowest BCUT2D eigenvalue weighted by Crippen LogP contribution is -2.35. The highest BCUT2D eigenvalue weighted by atomic mass is 35.5. The monoisotopic (exact) mass is 510 g/mol. The molecule has 0 atom stereocenters. The molecule has 3 aromatic carbocycles. The fourth-order valence-corrected chi connectivity index (χ4v) is 4.49. The van der Waals surface area contributed by atoms with Crippen molar-refractivity contribution in [1.82, 2.24) is 10.6 Å². The predicted molar refractivity (Wildman–Crippen MR) is 139 cm³/mol. The molecule has 0 bridgehead atoms. The summed E-state index contributed by atoms with van der Waals surface area (Å²) in [6.07, 6.45) is 2.86. The average Bonchev–Trinajstić information content (AvgIpc) is 2.90. The zero-order valence-electron chi connectivity index (χ0n) is 20.0. The number of ether oxygens (including phenoxy) is 1. The number of nitrogens with one attached hydrogen (secondary N) is 2. The van der Waals surface area contributed by atoms with Crippen LogP contribution in [0.2, 0.25) is 5.02 Å². The van der Waals surface area contributed by atoms with Gasteiger partial charge in [-0.25, -0.2) is 8.78 Å². The average molecular weight is 511 g/mol. The molecule has 188 valence electrons. The summed E-state index contributed by atoms with van der Waals surface area (Å²) >= 11 is 6.22. The summed E-state index contributed by atoms with van der Waals surface area (Å²) in [6.45, 7) is 2.15. The number of carbonyl (C=O) groups excluding carboxylic acids is 1. The van der Waals surface area contributed by atoms with E-state index in [9.17, 15) is 13.6 Å². The molecule has 36 heavy (non-hydrogen) atoms. The number of carbonyl (C=O) groups is 1. The SMILES string of the molecule is O=C(NCCc1ccccc1Cl)C1=C(c2ccc(CCCOc3cc(F)ccc3F)cc2)CCNC1. The lowest BCUT2D eigenvalue weighted by molar-refractivity contribution is -0.117. The van der Waals surface area contributed by atoms with Crippen LogP contribution in [-0.2, 0) is 17.6 Å². The van der Waals surface area contributed by atoms with Crippen molar-refractivity contribution in [3.05, 3.63) is 106 Å². The first kappa shape index (κ1) is 25.9. The van der Waals surface area contributed by atoms with Gasteiger partial charge in [-0.2, -0.15) is 0 Å². The van der Waals surface area contributed by atoms with Crippen molar-refractivity contribution < 1.29 is 18.3 Å². The molecule has 7 heteroatoms. The molecular weight excluding hydrogens is 482 g/mol. The lowest BCUT2D eigenvalue weighted by atomic mass is 9.92. The van der Waals surface area contributed by atoms with Crippen LogP contribution in [0.3, 0.4) is 0 Å². The highest BCUT2D eigenvalue weighted by molar-refractivity contribution is 6.31. The van der Waals surface area contributed by atoms with E-state index < -0.39 is 11.6 Å². The third-order valence-electron chi connectivity index (χ3n) is 6.19. The Morgan fingerprint density at radius 2 is 1.83 bits per heavy atom. The maximum absolute atomic E-state index is 13.7. The Labute approximate surface area is 215 Å². The molecule has 0 aromatic heterocycles. The summed E-state index contributed by atoms with van der Waals surface area (Å²) in [5.41, 5.74) is 4.98. The van der Waals surface area contributed by atoms with Crippen molar-refractivity contribution in [2.24, 2.45) is 0 Å². The van der Waals surface area contributed by atoms with Gasteiger partial charge in [0.1, 0.15) is 5.82 Å². The van der Waals surface area contributed by atoms with Gasteiger partial charge in [0.15, 0.2) is 11.6 Å². The van der Waals surface area contributed by atoms with Crippen LogP contribution >= 0.6 is 11.6 Å². The molecule has 0 fully saturated rings. The van der Waals surface area contributed by atoms with Gasteiger partial charge < -0.3 is 15.4 Å². The predicted octanol–water partition coefficient (Wildman–Crippen LogP) is 5.74.